The number of fused-ring (bicyclic) bond motifs is 3. The van der Waals surface area contributed by atoms with Crippen molar-refractivity contribution in [3.63, 3.8) is 0 Å². The molecule has 3 aromatic rings. The Morgan fingerprint density at radius 2 is 1.76 bits per heavy atom. The van der Waals surface area contributed by atoms with E-state index in [9.17, 15) is 4.39 Å². The Balaban J connectivity index is 1.62. The first-order valence-electron chi connectivity index (χ1n) is 9.02. The van der Waals surface area contributed by atoms with Crippen molar-refractivity contribution in [3.8, 4) is 5.75 Å². The standard InChI is InChI=1S/C22H14BrCl2FN2O/c23-14-5-1-12(2-6-14)19-11-20-17-9-15(24)10-18(25)21(17)29-22(28(20)27-19)13-3-7-16(26)8-4-13/h1-10,20,22H,11H2/t20-,22-/m0/s1. The minimum atomic E-state index is -0.514. The third-order valence-electron chi connectivity index (χ3n) is 5.14. The van der Waals surface area contributed by atoms with Crippen LogP contribution in [0.4, 0.5) is 4.39 Å². The van der Waals surface area contributed by atoms with E-state index in [1.807, 2.05) is 35.3 Å². The van der Waals surface area contributed by atoms with Crippen molar-refractivity contribution in [2.24, 2.45) is 5.10 Å². The molecule has 0 N–H and O–H groups in total. The Morgan fingerprint density at radius 1 is 1.03 bits per heavy atom. The lowest BCUT2D eigenvalue weighted by Crippen LogP contribution is -2.33. The maximum atomic E-state index is 13.5. The summed E-state index contributed by atoms with van der Waals surface area (Å²) in [5.41, 5.74) is 3.68. The van der Waals surface area contributed by atoms with Gasteiger partial charge in [-0.1, -0.05) is 63.4 Å². The lowest BCUT2D eigenvalue weighted by Gasteiger charge is -2.38. The highest BCUT2D eigenvalue weighted by atomic mass is 79.9. The van der Waals surface area contributed by atoms with Crippen LogP contribution in [0.2, 0.25) is 10.0 Å². The molecule has 0 fully saturated rings. The number of nitrogens with zero attached hydrogens (tertiary/aromatic N) is 2. The summed E-state index contributed by atoms with van der Waals surface area (Å²) in [6.07, 6.45) is 0.173. The first kappa shape index (κ1) is 18.9. The summed E-state index contributed by atoms with van der Waals surface area (Å²) >= 11 is 16.2. The summed E-state index contributed by atoms with van der Waals surface area (Å²) in [6.45, 7) is 0. The minimum Gasteiger partial charge on any atom is -0.463 e. The van der Waals surface area contributed by atoms with Gasteiger partial charge < -0.3 is 4.74 Å². The SMILES string of the molecule is Fc1ccc([C@@H]2Oc3c(Cl)cc(Cl)cc3[C@@H]3CC(c4ccc(Br)cc4)=NN32)cc1. The van der Waals surface area contributed by atoms with Gasteiger partial charge in [-0.2, -0.15) is 5.10 Å². The third kappa shape index (κ3) is 3.41. The average Bonchev–Trinajstić information content (AvgIpc) is 3.14. The quantitative estimate of drug-likeness (QED) is 0.380. The van der Waals surface area contributed by atoms with E-state index in [0.717, 1.165) is 26.9 Å². The molecular weight excluding hydrogens is 478 g/mol. The second-order valence-corrected chi connectivity index (χ2v) is 8.74. The molecular formula is C22H14BrCl2FN2O. The van der Waals surface area contributed by atoms with Gasteiger partial charge in [-0.05, 0) is 42.0 Å². The van der Waals surface area contributed by atoms with Crippen LogP contribution >= 0.6 is 39.1 Å². The highest BCUT2D eigenvalue weighted by molar-refractivity contribution is 9.10. The van der Waals surface area contributed by atoms with Crippen LogP contribution in [0, 0.1) is 5.82 Å². The fraction of sp³-hybridized carbons (Fsp3) is 0.136. The molecule has 0 spiro atoms. The Bertz CT molecular complexity index is 1120. The van der Waals surface area contributed by atoms with E-state index in [1.54, 1.807) is 18.2 Å². The van der Waals surface area contributed by atoms with Crippen molar-refractivity contribution >= 4 is 44.8 Å². The van der Waals surface area contributed by atoms with Crippen LogP contribution in [0.1, 0.15) is 35.4 Å². The molecule has 0 unspecified atom stereocenters. The zero-order valence-corrected chi connectivity index (χ0v) is 18.0. The summed E-state index contributed by atoms with van der Waals surface area (Å²) in [5.74, 6) is 0.297. The van der Waals surface area contributed by atoms with Gasteiger partial charge in [-0.25, -0.2) is 9.40 Å². The van der Waals surface area contributed by atoms with Gasteiger partial charge in [0.05, 0.1) is 16.8 Å². The second-order valence-electron chi connectivity index (χ2n) is 6.98. The number of hydrazone groups is 1. The highest BCUT2D eigenvalue weighted by Crippen LogP contribution is 2.50. The second kappa shape index (κ2) is 7.31. The van der Waals surface area contributed by atoms with Gasteiger partial charge in [-0.15, -0.1) is 0 Å². The van der Waals surface area contributed by atoms with E-state index < -0.39 is 6.23 Å². The zero-order valence-electron chi connectivity index (χ0n) is 14.9. The molecule has 29 heavy (non-hydrogen) atoms. The fourth-order valence-corrected chi connectivity index (χ4v) is 4.60. The van der Waals surface area contributed by atoms with Crippen molar-refractivity contribution in [3.05, 3.63) is 97.7 Å². The summed E-state index contributed by atoms with van der Waals surface area (Å²) in [4.78, 5) is 0. The molecule has 2 aliphatic rings. The van der Waals surface area contributed by atoms with Crippen LogP contribution in [0.5, 0.6) is 5.75 Å². The van der Waals surface area contributed by atoms with Gasteiger partial charge >= 0.3 is 0 Å². The highest BCUT2D eigenvalue weighted by Gasteiger charge is 2.42. The lowest BCUT2D eigenvalue weighted by molar-refractivity contribution is -0.0189. The summed E-state index contributed by atoms with van der Waals surface area (Å²) in [7, 11) is 0. The average molecular weight is 492 g/mol. The first-order chi connectivity index (χ1) is 14.0. The van der Waals surface area contributed by atoms with Crippen molar-refractivity contribution < 1.29 is 9.13 Å². The topological polar surface area (TPSA) is 24.8 Å². The number of ether oxygens (including phenoxy) is 1. The van der Waals surface area contributed by atoms with Crippen molar-refractivity contribution in [2.45, 2.75) is 18.7 Å². The summed E-state index contributed by atoms with van der Waals surface area (Å²) in [5, 5.41) is 7.80. The number of benzene rings is 3. The zero-order chi connectivity index (χ0) is 20.1. The largest absolute Gasteiger partial charge is 0.463 e. The molecule has 2 heterocycles. The maximum Gasteiger partial charge on any atom is 0.213 e. The molecule has 2 atom stereocenters. The minimum absolute atomic E-state index is 0.0800. The van der Waals surface area contributed by atoms with Crippen molar-refractivity contribution in [1.82, 2.24) is 5.01 Å². The fourth-order valence-electron chi connectivity index (χ4n) is 3.78. The lowest BCUT2D eigenvalue weighted by atomic mass is 9.96. The van der Waals surface area contributed by atoms with E-state index in [4.69, 9.17) is 33.0 Å². The predicted octanol–water partition coefficient (Wildman–Crippen LogP) is 7.14. The Kier molecular flexibility index (Phi) is 4.77. The monoisotopic (exact) mass is 490 g/mol. The normalized spacial score (nSPS) is 20.0. The Labute approximate surface area is 185 Å². The van der Waals surface area contributed by atoms with Crippen LogP contribution in [-0.2, 0) is 0 Å². The Hall–Kier alpha value is -2.08. The number of rotatable bonds is 2. The smallest absolute Gasteiger partial charge is 0.213 e. The van der Waals surface area contributed by atoms with Gasteiger partial charge in [0.15, 0.2) is 0 Å². The number of hydrogen-bond donors (Lipinski definition) is 0. The van der Waals surface area contributed by atoms with E-state index in [1.165, 1.54) is 12.1 Å². The number of hydrogen-bond acceptors (Lipinski definition) is 3. The molecule has 7 heteroatoms. The van der Waals surface area contributed by atoms with E-state index >= 15 is 0 Å². The molecule has 0 amide bonds. The van der Waals surface area contributed by atoms with Crippen molar-refractivity contribution in [1.29, 1.82) is 0 Å². The predicted molar refractivity (Wildman–Crippen MR) is 116 cm³/mol. The molecule has 5 rings (SSSR count). The van der Waals surface area contributed by atoms with Crippen LogP contribution in [0.25, 0.3) is 0 Å². The van der Waals surface area contributed by atoms with Gasteiger partial charge in [0.1, 0.15) is 11.6 Å². The molecule has 3 nitrogen and oxygen atoms in total. The first-order valence-corrected chi connectivity index (χ1v) is 10.6. The molecule has 0 saturated carbocycles. The molecule has 146 valence electrons. The van der Waals surface area contributed by atoms with Gasteiger partial charge in [-0.3, -0.25) is 0 Å². The summed E-state index contributed by atoms with van der Waals surface area (Å²) in [6, 6.07) is 17.8. The molecule has 0 bridgehead atoms. The van der Waals surface area contributed by atoms with Crippen molar-refractivity contribution in [2.75, 3.05) is 0 Å². The van der Waals surface area contributed by atoms with Crippen LogP contribution in [0.15, 0.2) is 70.2 Å². The van der Waals surface area contributed by atoms with Gasteiger partial charge in [0, 0.05) is 27.0 Å². The van der Waals surface area contributed by atoms with Crippen LogP contribution in [0.3, 0.4) is 0 Å². The van der Waals surface area contributed by atoms with Gasteiger partial charge in [0.2, 0.25) is 6.23 Å². The van der Waals surface area contributed by atoms with Crippen LogP contribution < -0.4 is 4.74 Å². The third-order valence-corrected chi connectivity index (χ3v) is 6.17. The molecule has 0 saturated heterocycles. The molecule has 0 aromatic heterocycles. The van der Waals surface area contributed by atoms with Crippen LogP contribution in [-0.4, -0.2) is 10.7 Å². The molecule has 0 aliphatic carbocycles. The number of halogens is 4. The van der Waals surface area contributed by atoms with E-state index in [2.05, 4.69) is 15.9 Å². The molecule has 2 aliphatic heterocycles. The Morgan fingerprint density at radius 3 is 2.48 bits per heavy atom. The molecule has 0 radical (unpaired) electrons. The molecule has 3 aromatic carbocycles. The maximum absolute atomic E-state index is 13.5. The van der Waals surface area contributed by atoms with E-state index in [-0.39, 0.29) is 11.9 Å². The summed E-state index contributed by atoms with van der Waals surface area (Å²) < 4.78 is 20.7. The van der Waals surface area contributed by atoms with E-state index in [0.29, 0.717) is 22.2 Å². The van der Waals surface area contributed by atoms with Gasteiger partial charge in [0.25, 0.3) is 0 Å².